The predicted octanol–water partition coefficient (Wildman–Crippen LogP) is 4.04. The smallest absolute Gasteiger partial charge is 0.373 e. The minimum atomic E-state index is -0.490. The number of carbonyl (C=O) groups excluding carboxylic acids is 2. The van der Waals surface area contributed by atoms with E-state index >= 15 is 0 Å². The number of halogens is 1. The summed E-state index contributed by atoms with van der Waals surface area (Å²) in [6.45, 7) is 11.9. The topological polar surface area (TPSA) is 111 Å². The molecule has 0 aliphatic heterocycles. The van der Waals surface area contributed by atoms with Gasteiger partial charge in [0.2, 0.25) is 0 Å². The van der Waals surface area contributed by atoms with E-state index in [4.69, 9.17) is 14.3 Å². The van der Waals surface area contributed by atoms with Gasteiger partial charge in [-0.25, -0.2) is 9.07 Å². The van der Waals surface area contributed by atoms with Gasteiger partial charge in [-0.15, -0.1) is 0 Å². The molecule has 2 aromatic heterocycles. The summed E-state index contributed by atoms with van der Waals surface area (Å²) in [7, 11) is 0. The highest BCUT2D eigenvalue weighted by molar-refractivity contribution is 5.86. The van der Waals surface area contributed by atoms with Crippen molar-refractivity contribution in [3.05, 3.63) is 41.1 Å². The average molecular weight is 425 g/mol. The molecule has 0 amide bonds. The molecule has 1 unspecified atom stereocenters. The van der Waals surface area contributed by atoms with Crippen LogP contribution in [0.15, 0.2) is 18.2 Å². The molecule has 0 saturated carbocycles. The summed E-state index contributed by atoms with van der Waals surface area (Å²) in [5.74, 6) is -0.457. The van der Waals surface area contributed by atoms with Crippen LogP contribution in [0.4, 0.5) is 4.39 Å². The number of aryl methyl sites for hydroxylation is 2. The molecule has 3 rings (SSSR count). The second kappa shape index (κ2) is 9.45. The summed E-state index contributed by atoms with van der Waals surface area (Å²) in [5.41, 5.74) is 2.51. The number of benzene rings is 1. The van der Waals surface area contributed by atoms with Crippen LogP contribution in [0, 0.1) is 36.4 Å². The zero-order chi connectivity index (χ0) is 23.3. The van der Waals surface area contributed by atoms with Crippen LogP contribution in [0.25, 0.3) is 16.6 Å². The third-order valence-corrected chi connectivity index (χ3v) is 4.76. The number of hydrogen-bond donors (Lipinski definition) is 0. The van der Waals surface area contributed by atoms with Crippen LogP contribution in [-0.2, 0) is 9.59 Å². The van der Waals surface area contributed by atoms with Gasteiger partial charge in [-0.3, -0.25) is 0 Å². The SMILES string of the molecule is CCOc1ccc(-n2nc3c(C(C#N)C(C)(C)C)nnc(C)c3c2C)c(F)c1.O=C=O. The number of hydrogen-bond acceptors (Lipinski definition) is 7. The van der Waals surface area contributed by atoms with Crippen LogP contribution in [0.2, 0.25) is 0 Å². The fraction of sp³-hybridized carbons (Fsp3) is 0.409. The van der Waals surface area contributed by atoms with Gasteiger partial charge in [0.1, 0.15) is 22.6 Å². The van der Waals surface area contributed by atoms with Crippen LogP contribution in [0.3, 0.4) is 0 Å². The normalized spacial score (nSPS) is 11.8. The first-order valence-corrected chi connectivity index (χ1v) is 9.64. The van der Waals surface area contributed by atoms with Crippen molar-refractivity contribution in [1.82, 2.24) is 20.0 Å². The van der Waals surface area contributed by atoms with Gasteiger partial charge < -0.3 is 4.74 Å². The van der Waals surface area contributed by atoms with Gasteiger partial charge in [-0.1, -0.05) is 20.8 Å². The molecule has 31 heavy (non-hydrogen) atoms. The molecule has 8 nitrogen and oxygen atoms in total. The monoisotopic (exact) mass is 425 g/mol. The van der Waals surface area contributed by atoms with E-state index in [0.29, 0.717) is 34.9 Å². The molecule has 0 N–H and O–H groups in total. The molecule has 0 fully saturated rings. The molecule has 9 heteroatoms. The zero-order valence-corrected chi connectivity index (χ0v) is 18.4. The van der Waals surface area contributed by atoms with Crippen LogP contribution in [0.1, 0.15) is 50.7 Å². The second-order valence-corrected chi connectivity index (χ2v) is 7.95. The number of nitrogens with zero attached hydrogens (tertiary/aromatic N) is 5. The molecule has 3 aromatic rings. The lowest BCUT2D eigenvalue weighted by molar-refractivity contribution is -0.191. The zero-order valence-electron chi connectivity index (χ0n) is 18.4. The fourth-order valence-corrected chi connectivity index (χ4v) is 3.35. The van der Waals surface area contributed by atoms with Gasteiger partial charge >= 0.3 is 6.15 Å². The van der Waals surface area contributed by atoms with Crippen molar-refractivity contribution in [2.75, 3.05) is 6.61 Å². The van der Waals surface area contributed by atoms with E-state index in [9.17, 15) is 9.65 Å². The van der Waals surface area contributed by atoms with E-state index in [1.807, 2.05) is 41.5 Å². The molecule has 2 heterocycles. The van der Waals surface area contributed by atoms with Gasteiger partial charge in [0.25, 0.3) is 0 Å². The Kier molecular flexibility index (Phi) is 7.21. The summed E-state index contributed by atoms with van der Waals surface area (Å²) in [6.07, 6.45) is 0.250. The first-order valence-electron chi connectivity index (χ1n) is 9.64. The van der Waals surface area contributed by atoms with Crippen molar-refractivity contribution in [2.45, 2.75) is 47.5 Å². The Bertz CT molecular complexity index is 1170. The number of fused-ring (bicyclic) bond motifs is 1. The van der Waals surface area contributed by atoms with E-state index < -0.39 is 11.7 Å². The van der Waals surface area contributed by atoms with Crippen molar-refractivity contribution in [3.63, 3.8) is 0 Å². The highest BCUT2D eigenvalue weighted by Crippen LogP contribution is 2.37. The standard InChI is InChI=1S/C21H24FN5O.CO2/c1-7-28-14-8-9-17(16(22)10-14)27-13(3)18-12(2)24-25-19(20(18)26-27)15(11-23)21(4,5)6;2-1-3/h8-10,15H,7H2,1-6H3;. The molecule has 162 valence electrons. The minimum absolute atomic E-state index is 0.250. The molecule has 0 aliphatic carbocycles. The van der Waals surface area contributed by atoms with Gasteiger partial charge in [0, 0.05) is 11.5 Å². The first kappa shape index (κ1) is 23.6. The Morgan fingerprint density at radius 3 is 2.39 bits per heavy atom. The molecule has 0 saturated heterocycles. The molecule has 0 bridgehead atoms. The Balaban J connectivity index is 0.00000107. The third kappa shape index (κ3) is 4.76. The number of ether oxygens (including phenoxy) is 1. The summed E-state index contributed by atoms with van der Waals surface area (Å²) >= 11 is 0. The van der Waals surface area contributed by atoms with Crippen LogP contribution >= 0.6 is 0 Å². The maximum Gasteiger partial charge on any atom is 0.373 e. The summed E-state index contributed by atoms with van der Waals surface area (Å²) in [5, 5.41) is 23.7. The van der Waals surface area contributed by atoms with Crippen molar-refractivity contribution >= 4 is 17.1 Å². The van der Waals surface area contributed by atoms with E-state index in [2.05, 4.69) is 21.4 Å². The first-order chi connectivity index (χ1) is 14.6. The number of nitriles is 1. The van der Waals surface area contributed by atoms with E-state index in [1.54, 1.807) is 16.8 Å². The van der Waals surface area contributed by atoms with Crippen LogP contribution in [0.5, 0.6) is 5.75 Å². The molecule has 1 atom stereocenters. The molecular formula is C22H24FN5O3. The highest BCUT2D eigenvalue weighted by Gasteiger charge is 2.31. The lowest BCUT2D eigenvalue weighted by atomic mass is 9.79. The molecule has 1 aromatic carbocycles. The van der Waals surface area contributed by atoms with E-state index in [-0.39, 0.29) is 11.6 Å². The largest absolute Gasteiger partial charge is 0.494 e. The van der Waals surface area contributed by atoms with Gasteiger partial charge in [-0.2, -0.15) is 30.1 Å². The molecular weight excluding hydrogens is 401 g/mol. The predicted molar refractivity (Wildman–Crippen MR) is 110 cm³/mol. The Morgan fingerprint density at radius 1 is 1.23 bits per heavy atom. The van der Waals surface area contributed by atoms with Gasteiger partial charge in [0.15, 0.2) is 5.82 Å². The van der Waals surface area contributed by atoms with Crippen molar-refractivity contribution in [3.8, 4) is 17.5 Å². The summed E-state index contributed by atoms with van der Waals surface area (Å²) in [4.78, 5) is 16.2. The Hall–Kier alpha value is -3.63. The lowest BCUT2D eigenvalue weighted by Gasteiger charge is -2.23. The van der Waals surface area contributed by atoms with Crippen molar-refractivity contribution in [2.24, 2.45) is 5.41 Å². The van der Waals surface area contributed by atoms with E-state index in [1.165, 1.54) is 6.07 Å². The molecule has 0 spiro atoms. The highest BCUT2D eigenvalue weighted by atomic mass is 19.1. The maximum atomic E-state index is 14.8. The Labute approximate surface area is 179 Å². The minimum Gasteiger partial charge on any atom is -0.494 e. The third-order valence-electron chi connectivity index (χ3n) is 4.76. The number of rotatable bonds is 4. The maximum absolute atomic E-state index is 14.8. The quantitative estimate of drug-likeness (QED) is 0.620. The van der Waals surface area contributed by atoms with Gasteiger partial charge in [0.05, 0.1) is 30.0 Å². The summed E-state index contributed by atoms with van der Waals surface area (Å²) < 4.78 is 21.7. The number of aromatic nitrogens is 4. The molecule has 0 radical (unpaired) electrons. The second-order valence-electron chi connectivity index (χ2n) is 7.95. The van der Waals surface area contributed by atoms with Crippen LogP contribution < -0.4 is 4.74 Å². The van der Waals surface area contributed by atoms with Gasteiger partial charge in [-0.05, 0) is 38.3 Å². The van der Waals surface area contributed by atoms with E-state index in [0.717, 1.165) is 11.1 Å². The Morgan fingerprint density at radius 2 is 1.87 bits per heavy atom. The van der Waals surface area contributed by atoms with Crippen molar-refractivity contribution < 1.29 is 18.7 Å². The molecule has 0 aliphatic rings. The van der Waals surface area contributed by atoms with Crippen LogP contribution in [-0.4, -0.2) is 32.7 Å². The lowest BCUT2D eigenvalue weighted by Crippen LogP contribution is -2.19. The summed E-state index contributed by atoms with van der Waals surface area (Å²) in [6, 6.07) is 7.03. The average Bonchev–Trinajstić information content (AvgIpc) is 3.02. The fourth-order valence-electron chi connectivity index (χ4n) is 3.35. The van der Waals surface area contributed by atoms with Crippen molar-refractivity contribution in [1.29, 1.82) is 5.26 Å².